The molecule has 0 radical (unpaired) electrons. The summed E-state index contributed by atoms with van der Waals surface area (Å²) < 4.78 is 0. The van der Waals surface area contributed by atoms with Gasteiger partial charge < -0.3 is 9.80 Å². The molecule has 4 rings (SSSR count). The molecule has 0 N–H and O–H groups in total. The molecule has 2 heterocycles. The smallest absolute Gasteiger partial charge is 0.222 e. The average Bonchev–Trinajstić information content (AvgIpc) is 2.85. The van der Waals surface area contributed by atoms with E-state index < -0.39 is 0 Å². The Hall–Kier alpha value is -3.21. The third-order valence-electron chi connectivity index (χ3n) is 5.96. The van der Waals surface area contributed by atoms with Crippen LogP contribution in [0.2, 0.25) is 0 Å². The summed E-state index contributed by atoms with van der Waals surface area (Å²) in [7, 11) is 0. The lowest BCUT2D eigenvalue weighted by molar-refractivity contribution is -0.131. The van der Waals surface area contributed by atoms with Crippen LogP contribution in [-0.4, -0.2) is 47.2 Å². The van der Waals surface area contributed by atoms with Crippen molar-refractivity contribution in [3.8, 4) is 11.3 Å². The van der Waals surface area contributed by atoms with Gasteiger partial charge in [0.25, 0.3) is 0 Å². The van der Waals surface area contributed by atoms with Crippen molar-refractivity contribution in [3.63, 3.8) is 0 Å². The van der Waals surface area contributed by atoms with Gasteiger partial charge in [-0.2, -0.15) is 0 Å². The zero-order valence-corrected chi connectivity index (χ0v) is 18.2. The molecule has 0 aliphatic carbocycles. The minimum atomic E-state index is 0.257. The second-order valence-electron chi connectivity index (χ2n) is 8.03. The Labute approximate surface area is 184 Å². The molecule has 31 heavy (non-hydrogen) atoms. The first kappa shape index (κ1) is 21.0. The van der Waals surface area contributed by atoms with Gasteiger partial charge in [0.1, 0.15) is 0 Å². The summed E-state index contributed by atoms with van der Waals surface area (Å²) in [5.41, 5.74) is 4.59. The molecule has 1 aromatic heterocycles. The monoisotopic (exact) mass is 414 g/mol. The third kappa shape index (κ3) is 5.48. The Bertz CT molecular complexity index is 963. The quantitative estimate of drug-likeness (QED) is 0.576. The van der Waals surface area contributed by atoms with Crippen LogP contribution in [0, 0.1) is 0 Å². The van der Waals surface area contributed by atoms with E-state index in [4.69, 9.17) is 0 Å². The third-order valence-corrected chi connectivity index (χ3v) is 5.96. The maximum atomic E-state index is 12.6. The molecule has 1 amide bonds. The van der Waals surface area contributed by atoms with Crippen molar-refractivity contribution in [2.24, 2.45) is 0 Å². The lowest BCUT2D eigenvalue weighted by Crippen LogP contribution is -2.49. The molecule has 2 aromatic carbocycles. The molecule has 5 nitrogen and oxygen atoms in total. The molecule has 1 saturated heterocycles. The topological polar surface area (TPSA) is 49.3 Å². The summed E-state index contributed by atoms with van der Waals surface area (Å²) in [6, 6.07) is 22.9. The predicted octanol–water partition coefficient (Wildman–Crippen LogP) is 4.38. The van der Waals surface area contributed by atoms with Crippen molar-refractivity contribution in [3.05, 3.63) is 77.9 Å². The van der Waals surface area contributed by atoms with E-state index in [1.165, 1.54) is 11.1 Å². The van der Waals surface area contributed by atoms with Crippen LogP contribution in [0.25, 0.3) is 11.3 Å². The van der Waals surface area contributed by atoms with Gasteiger partial charge in [-0.05, 0) is 42.5 Å². The van der Waals surface area contributed by atoms with E-state index in [-0.39, 0.29) is 5.91 Å². The van der Waals surface area contributed by atoms with Crippen molar-refractivity contribution < 1.29 is 4.79 Å². The van der Waals surface area contributed by atoms with Gasteiger partial charge >= 0.3 is 0 Å². The standard InChI is InChI=1S/C26H30N4O/c1-2-21-11-13-23(14-12-21)24-15-16-25(28-27-24)29-17-19-30(20-18-29)26(31)10-6-9-22-7-4-3-5-8-22/h3-5,7-8,11-16H,2,6,9-10,17-20H2,1H3. The molecule has 0 saturated carbocycles. The lowest BCUT2D eigenvalue weighted by Gasteiger charge is -2.35. The number of aromatic nitrogens is 2. The summed E-state index contributed by atoms with van der Waals surface area (Å²) in [5, 5.41) is 8.88. The highest BCUT2D eigenvalue weighted by Crippen LogP contribution is 2.20. The Morgan fingerprint density at radius 1 is 0.839 bits per heavy atom. The van der Waals surface area contributed by atoms with Crippen molar-refractivity contribution in [1.29, 1.82) is 0 Å². The molecule has 0 atom stereocenters. The van der Waals surface area contributed by atoms with E-state index in [1.54, 1.807) is 0 Å². The Kier molecular flexibility index (Phi) is 6.92. The minimum Gasteiger partial charge on any atom is -0.352 e. The van der Waals surface area contributed by atoms with Gasteiger partial charge in [-0.15, -0.1) is 10.2 Å². The van der Waals surface area contributed by atoms with Gasteiger partial charge in [-0.1, -0.05) is 61.5 Å². The normalized spacial score (nSPS) is 14.0. The van der Waals surface area contributed by atoms with E-state index in [9.17, 15) is 4.79 Å². The number of carbonyl (C=O) groups is 1. The molecule has 3 aromatic rings. The fourth-order valence-electron chi connectivity index (χ4n) is 3.99. The summed E-state index contributed by atoms with van der Waals surface area (Å²) in [4.78, 5) is 16.8. The van der Waals surface area contributed by atoms with Crippen LogP contribution < -0.4 is 4.90 Å². The number of hydrogen-bond acceptors (Lipinski definition) is 4. The summed E-state index contributed by atoms with van der Waals surface area (Å²) in [6.07, 6.45) is 3.50. The second-order valence-corrected chi connectivity index (χ2v) is 8.03. The van der Waals surface area contributed by atoms with Crippen molar-refractivity contribution in [2.75, 3.05) is 31.1 Å². The molecular formula is C26H30N4O. The minimum absolute atomic E-state index is 0.257. The summed E-state index contributed by atoms with van der Waals surface area (Å²) in [5.74, 6) is 1.14. The van der Waals surface area contributed by atoms with Gasteiger partial charge in [0.05, 0.1) is 5.69 Å². The fraction of sp³-hybridized carbons (Fsp3) is 0.346. The average molecular weight is 415 g/mol. The number of amides is 1. The predicted molar refractivity (Wildman–Crippen MR) is 125 cm³/mol. The first-order chi connectivity index (χ1) is 15.2. The highest BCUT2D eigenvalue weighted by molar-refractivity contribution is 5.76. The Morgan fingerprint density at radius 3 is 2.23 bits per heavy atom. The van der Waals surface area contributed by atoms with Crippen LogP contribution in [0.1, 0.15) is 30.9 Å². The van der Waals surface area contributed by atoms with E-state index >= 15 is 0 Å². The van der Waals surface area contributed by atoms with Crippen LogP contribution in [0.15, 0.2) is 66.7 Å². The van der Waals surface area contributed by atoms with E-state index in [1.807, 2.05) is 35.2 Å². The van der Waals surface area contributed by atoms with Crippen LogP contribution >= 0.6 is 0 Å². The maximum absolute atomic E-state index is 12.6. The molecule has 0 bridgehead atoms. The first-order valence-electron chi connectivity index (χ1n) is 11.2. The van der Waals surface area contributed by atoms with Gasteiger partial charge in [0.15, 0.2) is 5.82 Å². The molecule has 1 aliphatic rings. The molecule has 0 unspecified atom stereocenters. The number of hydrogen-bond donors (Lipinski definition) is 0. The Balaban J connectivity index is 1.25. The Morgan fingerprint density at radius 2 is 1.58 bits per heavy atom. The number of aryl methyl sites for hydroxylation is 2. The number of benzene rings is 2. The molecular weight excluding hydrogens is 384 g/mol. The molecule has 160 valence electrons. The number of carbonyl (C=O) groups excluding carboxylic acids is 1. The van der Waals surface area contributed by atoms with Gasteiger partial charge in [0.2, 0.25) is 5.91 Å². The second kappa shape index (κ2) is 10.2. The zero-order chi connectivity index (χ0) is 21.5. The molecule has 1 fully saturated rings. The highest BCUT2D eigenvalue weighted by Gasteiger charge is 2.21. The van der Waals surface area contributed by atoms with Crippen molar-refractivity contribution in [2.45, 2.75) is 32.6 Å². The summed E-state index contributed by atoms with van der Waals surface area (Å²) >= 11 is 0. The maximum Gasteiger partial charge on any atom is 0.222 e. The molecule has 0 spiro atoms. The highest BCUT2D eigenvalue weighted by atomic mass is 16.2. The van der Waals surface area contributed by atoms with Gasteiger partial charge in [-0.25, -0.2) is 0 Å². The van der Waals surface area contributed by atoms with E-state index in [0.717, 1.165) is 62.5 Å². The number of anilines is 1. The van der Waals surface area contributed by atoms with Crippen LogP contribution in [0.3, 0.4) is 0 Å². The van der Waals surface area contributed by atoms with Crippen molar-refractivity contribution >= 4 is 11.7 Å². The van der Waals surface area contributed by atoms with Gasteiger partial charge in [0, 0.05) is 38.2 Å². The van der Waals surface area contributed by atoms with E-state index in [0.29, 0.717) is 6.42 Å². The fourth-order valence-corrected chi connectivity index (χ4v) is 3.99. The SMILES string of the molecule is CCc1ccc(-c2ccc(N3CCN(C(=O)CCCc4ccccc4)CC3)nn2)cc1. The molecule has 1 aliphatic heterocycles. The zero-order valence-electron chi connectivity index (χ0n) is 18.2. The number of piperazine rings is 1. The molecule has 5 heteroatoms. The van der Waals surface area contributed by atoms with Crippen LogP contribution in [-0.2, 0) is 17.6 Å². The summed E-state index contributed by atoms with van der Waals surface area (Å²) in [6.45, 7) is 5.23. The van der Waals surface area contributed by atoms with Crippen molar-refractivity contribution in [1.82, 2.24) is 15.1 Å². The van der Waals surface area contributed by atoms with Crippen LogP contribution in [0.4, 0.5) is 5.82 Å². The lowest BCUT2D eigenvalue weighted by atomic mass is 10.1. The number of nitrogens with zero attached hydrogens (tertiary/aromatic N) is 4. The van der Waals surface area contributed by atoms with Crippen LogP contribution in [0.5, 0.6) is 0 Å². The van der Waals surface area contributed by atoms with E-state index in [2.05, 4.69) is 58.4 Å². The largest absolute Gasteiger partial charge is 0.352 e. The number of rotatable bonds is 7. The van der Waals surface area contributed by atoms with Gasteiger partial charge in [-0.3, -0.25) is 4.79 Å². The first-order valence-corrected chi connectivity index (χ1v) is 11.2.